The van der Waals surface area contributed by atoms with Crippen molar-refractivity contribution in [2.75, 3.05) is 33.4 Å². The molecule has 0 radical (unpaired) electrons. The van der Waals surface area contributed by atoms with Crippen LogP contribution in [0.3, 0.4) is 0 Å². The molecule has 1 aromatic heterocycles. The topological polar surface area (TPSA) is 69.0 Å². The number of benzene rings is 2. The van der Waals surface area contributed by atoms with Crippen molar-refractivity contribution in [2.24, 2.45) is 0 Å². The molecule has 1 fully saturated rings. The first-order valence-corrected chi connectivity index (χ1v) is 12.0. The Kier molecular flexibility index (Phi) is 8.08. The lowest BCUT2D eigenvalue weighted by atomic mass is 9.93. The normalized spacial score (nSPS) is 18.6. The SMILES string of the molecule is CCc1nccn1CCOc1ccc(CN2CCC[C@](O)(COc3ccccc3)C2)cc1OC. The van der Waals surface area contributed by atoms with Crippen LogP contribution in [0.4, 0.5) is 0 Å². The van der Waals surface area contributed by atoms with E-state index in [1.807, 2.05) is 54.9 Å². The Hall–Kier alpha value is -3.03. The van der Waals surface area contributed by atoms with E-state index in [0.717, 1.165) is 67.5 Å². The van der Waals surface area contributed by atoms with Gasteiger partial charge in [0.25, 0.3) is 0 Å². The predicted octanol–water partition coefficient (Wildman–Crippen LogP) is 3.94. The van der Waals surface area contributed by atoms with Gasteiger partial charge in [-0.15, -0.1) is 0 Å². The molecule has 1 saturated heterocycles. The molecule has 1 aliphatic heterocycles. The molecule has 3 aromatic rings. The summed E-state index contributed by atoms with van der Waals surface area (Å²) in [6, 6.07) is 15.7. The van der Waals surface area contributed by atoms with Gasteiger partial charge in [-0.05, 0) is 49.2 Å². The Labute approximate surface area is 201 Å². The first-order chi connectivity index (χ1) is 16.6. The van der Waals surface area contributed by atoms with Crippen LogP contribution in [-0.4, -0.2) is 58.6 Å². The van der Waals surface area contributed by atoms with E-state index in [9.17, 15) is 5.11 Å². The number of aryl methyl sites for hydroxylation is 1. The molecule has 7 nitrogen and oxygen atoms in total. The summed E-state index contributed by atoms with van der Waals surface area (Å²) >= 11 is 0. The molecule has 0 saturated carbocycles. The van der Waals surface area contributed by atoms with Crippen LogP contribution in [0, 0.1) is 0 Å². The van der Waals surface area contributed by atoms with Crippen LogP contribution in [0.1, 0.15) is 31.2 Å². The van der Waals surface area contributed by atoms with Crippen LogP contribution >= 0.6 is 0 Å². The van der Waals surface area contributed by atoms with Gasteiger partial charge in [0.1, 0.15) is 30.4 Å². The van der Waals surface area contributed by atoms with E-state index in [-0.39, 0.29) is 0 Å². The maximum absolute atomic E-state index is 11.1. The first-order valence-electron chi connectivity index (χ1n) is 12.0. The summed E-state index contributed by atoms with van der Waals surface area (Å²) in [4.78, 5) is 6.63. The van der Waals surface area contributed by atoms with Gasteiger partial charge in [-0.2, -0.15) is 0 Å². The maximum atomic E-state index is 11.1. The highest BCUT2D eigenvalue weighted by Gasteiger charge is 2.34. The number of likely N-dealkylation sites (tertiary alicyclic amines) is 1. The lowest BCUT2D eigenvalue weighted by molar-refractivity contribution is -0.0621. The highest BCUT2D eigenvalue weighted by molar-refractivity contribution is 5.43. The van der Waals surface area contributed by atoms with Gasteiger partial charge in [-0.25, -0.2) is 4.98 Å². The Morgan fingerprint density at radius 1 is 1.09 bits per heavy atom. The van der Waals surface area contributed by atoms with Crippen LogP contribution in [0.25, 0.3) is 0 Å². The van der Waals surface area contributed by atoms with Crippen molar-refractivity contribution < 1.29 is 19.3 Å². The highest BCUT2D eigenvalue weighted by Crippen LogP contribution is 2.30. The van der Waals surface area contributed by atoms with Gasteiger partial charge in [-0.1, -0.05) is 31.2 Å². The van der Waals surface area contributed by atoms with Crippen molar-refractivity contribution in [2.45, 2.75) is 44.9 Å². The number of aromatic nitrogens is 2. The molecule has 0 spiro atoms. The third kappa shape index (κ3) is 6.30. The number of para-hydroxylation sites is 1. The van der Waals surface area contributed by atoms with E-state index in [0.29, 0.717) is 19.8 Å². The minimum Gasteiger partial charge on any atom is -0.493 e. The van der Waals surface area contributed by atoms with E-state index in [2.05, 4.69) is 27.4 Å². The molecule has 2 heterocycles. The van der Waals surface area contributed by atoms with Crippen molar-refractivity contribution in [3.05, 3.63) is 72.3 Å². The lowest BCUT2D eigenvalue weighted by Crippen LogP contribution is -2.51. The van der Waals surface area contributed by atoms with Gasteiger partial charge in [-0.3, -0.25) is 4.90 Å². The van der Waals surface area contributed by atoms with Crippen molar-refractivity contribution >= 4 is 0 Å². The summed E-state index contributed by atoms with van der Waals surface area (Å²) in [5.74, 6) is 3.29. The fraction of sp³-hybridized carbons (Fsp3) is 0.444. The minimum atomic E-state index is -0.855. The van der Waals surface area contributed by atoms with E-state index in [4.69, 9.17) is 14.2 Å². The average molecular weight is 466 g/mol. The zero-order valence-corrected chi connectivity index (χ0v) is 20.2. The average Bonchev–Trinajstić information content (AvgIpc) is 3.32. The highest BCUT2D eigenvalue weighted by atomic mass is 16.5. The standard InChI is InChI=1S/C27H35N3O4/c1-3-26-28-13-15-30(26)16-17-33-24-11-10-22(18-25(24)32-2)19-29-14-7-12-27(31,20-29)21-34-23-8-5-4-6-9-23/h4-6,8-11,13,15,18,31H,3,7,12,14,16-17,19-21H2,1-2H3/t27-/m1/s1. The van der Waals surface area contributed by atoms with Crippen molar-refractivity contribution in [3.63, 3.8) is 0 Å². The molecule has 182 valence electrons. The summed E-state index contributed by atoms with van der Waals surface area (Å²) in [5.41, 5.74) is 0.270. The summed E-state index contributed by atoms with van der Waals surface area (Å²) in [5, 5.41) is 11.1. The Morgan fingerprint density at radius 2 is 1.94 bits per heavy atom. The number of ether oxygens (including phenoxy) is 3. The molecule has 0 aliphatic carbocycles. The molecular weight excluding hydrogens is 430 g/mol. The molecule has 0 unspecified atom stereocenters. The quantitative estimate of drug-likeness (QED) is 0.463. The number of methoxy groups -OCH3 is 1. The van der Waals surface area contributed by atoms with Crippen LogP contribution in [0.15, 0.2) is 60.9 Å². The van der Waals surface area contributed by atoms with E-state index in [1.54, 1.807) is 7.11 Å². The van der Waals surface area contributed by atoms with Crippen molar-refractivity contribution in [1.82, 2.24) is 14.5 Å². The van der Waals surface area contributed by atoms with Crippen LogP contribution < -0.4 is 14.2 Å². The molecule has 0 amide bonds. The number of hydrogen-bond donors (Lipinski definition) is 1. The second-order valence-electron chi connectivity index (χ2n) is 8.86. The fourth-order valence-electron chi connectivity index (χ4n) is 4.49. The van der Waals surface area contributed by atoms with Crippen LogP contribution in [-0.2, 0) is 19.5 Å². The van der Waals surface area contributed by atoms with Gasteiger partial charge >= 0.3 is 0 Å². The third-order valence-electron chi connectivity index (χ3n) is 6.23. The van der Waals surface area contributed by atoms with Crippen molar-refractivity contribution in [1.29, 1.82) is 0 Å². The monoisotopic (exact) mass is 465 g/mol. The molecule has 4 rings (SSSR count). The van der Waals surface area contributed by atoms with E-state index in [1.165, 1.54) is 0 Å². The number of piperidine rings is 1. The van der Waals surface area contributed by atoms with E-state index >= 15 is 0 Å². The number of rotatable bonds is 11. The molecule has 34 heavy (non-hydrogen) atoms. The largest absolute Gasteiger partial charge is 0.493 e. The first kappa shape index (κ1) is 24.1. The number of β-amino-alcohol motifs (C(OH)–C–C–N with tert-alkyl or cyclic N) is 1. The van der Waals surface area contributed by atoms with Crippen LogP contribution in [0.2, 0.25) is 0 Å². The second kappa shape index (κ2) is 11.4. The zero-order valence-electron chi connectivity index (χ0n) is 20.2. The molecule has 1 aliphatic rings. The number of aliphatic hydroxyl groups is 1. The molecule has 1 atom stereocenters. The van der Waals surface area contributed by atoms with Crippen molar-refractivity contribution in [3.8, 4) is 17.2 Å². The summed E-state index contributed by atoms with van der Waals surface area (Å²) in [6.07, 6.45) is 6.37. The Bertz CT molecular complexity index is 1040. The van der Waals surface area contributed by atoms with Gasteiger partial charge in [0.15, 0.2) is 11.5 Å². The zero-order chi connectivity index (χ0) is 23.8. The predicted molar refractivity (Wildman–Crippen MR) is 131 cm³/mol. The van der Waals surface area contributed by atoms with Gasteiger partial charge in [0.05, 0.1) is 13.7 Å². The molecule has 0 bridgehead atoms. The minimum absolute atomic E-state index is 0.292. The summed E-state index contributed by atoms with van der Waals surface area (Å²) in [6.45, 7) is 5.93. The summed E-state index contributed by atoms with van der Waals surface area (Å²) in [7, 11) is 1.66. The van der Waals surface area contributed by atoms with Crippen LogP contribution in [0.5, 0.6) is 17.2 Å². The lowest BCUT2D eigenvalue weighted by Gasteiger charge is -2.39. The number of hydrogen-bond acceptors (Lipinski definition) is 6. The number of nitrogens with zero attached hydrogens (tertiary/aromatic N) is 3. The summed E-state index contributed by atoms with van der Waals surface area (Å²) < 4.78 is 19.6. The fourth-order valence-corrected chi connectivity index (χ4v) is 4.49. The molecular formula is C27H35N3O4. The molecule has 2 aromatic carbocycles. The number of imidazole rings is 1. The third-order valence-corrected chi connectivity index (χ3v) is 6.23. The molecule has 1 N–H and O–H groups in total. The second-order valence-corrected chi connectivity index (χ2v) is 8.86. The van der Waals surface area contributed by atoms with Gasteiger partial charge in [0.2, 0.25) is 0 Å². The Balaban J connectivity index is 1.32. The Morgan fingerprint density at radius 3 is 2.74 bits per heavy atom. The van der Waals surface area contributed by atoms with Gasteiger partial charge < -0.3 is 23.9 Å². The molecule has 7 heteroatoms. The smallest absolute Gasteiger partial charge is 0.161 e. The maximum Gasteiger partial charge on any atom is 0.161 e. The van der Waals surface area contributed by atoms with Gasteiger partial charge in [0, 0.05) is 31.9 Å². The van der Waals surface area contributed by atoms with E-state index < -0.39 is 5.60 Å².